The Kier molecular flexibility index (Phi) is 56.4. The summed E-state index contributed by atoms with van der Waals surface area (Å²) in [6.45, 7) is 4.19. The van der Waals surface area contributed by atoms with E-state index in [1.165, 1.54) is 276 Å². The Morgan fingerprint density at radius 3 is 0.866 bits per heavy atom. The third kappa shape index (κ3) is 52.5. The molecule has 0 aliphatic carbocycles. The number of carbonyl (C=O) groups excluding carboxylic acids is 1. The molecule has 0 saturated heterocycles. The molecule has 0 radical (unpaired) electrons. The van der Waals surface area contributed by atoms with Crippen LogP contribution < -0.4 is 5.32 Å². The van der Waals surface area contributed by atoms with Gasteiger partial charge in [-0.3, -0.25) is 4.79 Å². The maximum absolute atomic E-state index is 12.5. The van der Waals surface area contributed by atoms with Crippen molar-refractivity contribution in [2.24, 2.45) is 0 Å². The van der Waals surface area contributed by atoms with E-state index >= 15 is 0 Å². The molecule has 0 bridgehead atoms. The molecule has 5 nitrogen and oxygen atoms in total. The molecule has 3 unspecified atom stereocenters. The summed E-state index contributed by atoms with van der Waals surface area (Å²) in [7, 11) is 0. The molecule has 0 heterocycles. The topological polar surface area (TPSA) is 89.8 Å². The maximum Gasteiger partial charge on any atom is 0.220 e. The highest BCUT2D eigenvalue weighted by Crippen LogP contribution is 2.18. The summed E-state index contributed by atoms with van der Waals surface area (Å²) in [5, 5.41) is 33.7. The van der Waals surface area contributed by atoms with Gasteiger partial charge in [-0.15, -0.1) is 0 Å². The Bertz CT molecular complexity index is 998. The first-order chi connectivity index (χ1) is 33.1. The van der Waals surface area contributed by atoms with E-state index in [-0.39, 0.29) is 12.5 Å². The van der Waals surface area contributed by atoms with E-state index in [2.05, 4.69) is 43.5 Å². The van der Waals surface area contributed by atoms with E-state index in [1.807, 2.05) is 0 Å². The van der Waals surface area contributed by atoms with Crippen molar-refractivity contribution in [3.8, 4) is 0 Å². The Labute approximate surface area is 420 Å². The fourth-order valence-electron chi connectivity index (χ4n) is 9.81. The molecule has 0 saturated carbocycles. The maximum atomic E-state index is 12.5. The molecule has 0 aromatic carbocycles. The minimum atomic E-state index is -1.16. The predicted octanol–water partition coefficient (Wildman–Crippen LogP) is 19.2. The number of aliphatic hydroxyl groups is 3. The fourth-order valence-corrected chi connectivity index (χ4v) is 9.81. The molecule has 0 fully saturated rings. The molecule has 5 heteroatoms. The van der Waals surface area contributed by atoms with Gasteiger partial charge < -0.3 is 20.6 Å². The molecule has 0 rings (SSSR count). The van der Waals surface area contributed by atoms with Crippen LogP contribution in [0.4, 0.5) is 0 Å². The van der Waals surface area contributed by atoms with Crippen LogP contribution in [-0.4, -0.2) is 46.1 Å². The Morgan fingerprint density at radius 1 is 0.358 bits per heavy atom. The van der Waals surface area contributed by atoms with E-state index < -0.39 is 18.2 Å². The van der Waals surface area contributed by atoms with E-state index in [1.54, 1.807) is 0 Å². The first-order valence-corrected chi connectivity index (χ1v) is 30.6. The SMILES string of the molecule is CCCCCCCCCCC/C=C/CCCC(O)C(O)C(CO)NC(=O)CCCCCCCCCCCCCCCCCCC/C=C\CCCCCCCCCCCCCCCCCCCC. The normalized spacial score (nSPS) is 13.3. The van der Waals surface area contributed by atoms with Gasteiger partial charge in [-0.05, 0) is 64.2 Å². The lowest BCUT2D eigenvalue weighted by atomic mass is 10.0. The number of rotatable bonds is 57. The van der Waals surface area contributed by atoms with E-state index in [0.717, 1.165) is 38.5 Å². The molecular weight excluding hydrogens is 823 g/mol. The largest absolute Gasteiger partial charge is 0.394 e. The first-order valence-electron chi connectivity index (χ1n) is 30.6. The average Bonchev–Trinajstić information content (AvgIpc) is 3.33. The second-order valence-corrected chi connectivity index (χ2v) is 21.3. The van der Waals surface area contributed by atoms with Crippen LogP contribution in [0.5, 0.6) is 0 Å². The third-order valence-corrected chi connectivity index (χ3v) is 14.5. The van der Waals surface area contributed by atoms with Crippen molar-refractivity contribution < 1.29 is 20.1 Å². The molecule has 398 valence electrons. The zero-order valence-electron chi connectivity index (χ0n) is 45.6. The zero-order chi connectivity index (χ0) is 48.6. The van der Waals surface area contributed by atoms with Gasteiger partial charge in [0.2, 0.25) is 5.91 Å². The summed E-state index contributed by atoms with van der Waals surface area (Å²) in [6.07, 6.45) is 73.8. The quantitative estimate of drug-likeness (QED) is 0.0361. The highest BCUT2D eigenvalue weighted by Gasteiger charge is 2.26. The van der Waals surface area contributed by atoms with Gasteiger partial charge in [0.15, 0.2) is 0 Å². The Morgan fingerprint density at radius 2 is 0.597 bits per heavy atom. The zero-order valence-corrected chi connectivity index (χ0v) is 45.6. The lowest BCUT2D eigenvalue weighted by molar-refractivity contribution is -0.124. The molecule has 0 spiro atoms. The monoisotopic (exact) mass is 944 g/mol. The molecule has 0 aromatic rings. The molecule has 1 amide bonds. The Hall–Kier alpha value is -1.17. The second kappa shape index (κ2) is 57.4. The van der Waals surface area contributed by atoms with Crippen LogP contribution in [-0.2, 0) is 4.79 Å². The number of allylic oxidation sites excluding steroid dienone is 4. The summed E-state index contributed by atoms with van der Waals surface area (Å²) >= 11 is 0. The predicted molar refractivity (Wildman–Crippen MR) is 296 cm³/mol. The lowest BCUT2D eigenvalue weighted by Gasteiger charge is -2.26. The Balaban J connectivity index is 3.43. The average molecular weight is 945 g/mol. The number of carbonyl (C=O) groups is 1. The molecule has 3 atom stereocenters. The van der Waals surface area contributed by atoms with Gasteiger partial charge in [-0.2, -0.15) is 0 Å². The first kappa shape index (κ1) is 65.8. The van der Waals surface area contributed by atoms with Crippen molar-refractivity contribution in [3.63, 3.8) is 0 Å². The van der Waals surface area contributed by atoms with Crippen molar-refractivity contribution in [2.45, 2.75) is 360 Å². The van der Waals surface area contributed by atoms with Crippen molar-refractivity contribution in [1.82, 2.24) is 5.32 Å². The van der Waals surface area contributed by atoms with Gasteiger partial charge in [0.1, 0.15) is 6.10 Å². The second-order valence-electron chi connectivity index (χ2n) is 21.3. The third-order valence-electron chi connectivity index (χ3n) is 14.5. The molecule has 0 aliphatic rings. The number of unbranched alkanes of at least 4 members (excludes halogenated alkanes) is 45. The van der Waals surface area contributed by atoms with Gasteiger partial charge in [-0.1, -0.05) is 295 Å². The van der Waals surface area contributed by atoms with Crippen molar-refractivity contribution in [1.29, 1.82) is 0 Å². The van der Waals surface area contributed by atoms with Crippen LogP contribution in [0.3, 0.4) is 0 Å². The van der Waals surface area contributed by atoms with Crippen molar-refractivity contribution in [3.05, 3.63) is 24.3 Å². The number of hydrogen-bond acceptors (Lipinski definition) is 4. The van der Waals surface area contributed by atoms with Gasteiger partial charge in [0.25, 0.3) is 0 Å². The number of amides is 1. The fraction of sp³-hybridized carbons (Fsp3) is 0.919. The number of hydrogen-bond donors (Lipinski definition) is 4. The van der Waals surface area contributed by atoms with Crippen LogP contribution in [0, 0.1) is 0 Å². The highest BCUT2D eigenvalue weighted by molar-refractivity contribution is 5.76. The minimum absolute atomic E-state index is 0.149. The van der Waals surface area contributed by atoms with Crippen LogP contribution in [0.1, 0.15) is 341 Å². The van der Waals surface area contributed by atoms with Crippen molar-refractivity contribution in [2.75, 3.05) is 6.61 Å². The van der Waals surface area contributed by atoms with Crippen LogP contribution in [0.15, 0.2) is 24.3 Å². The summed E-state index contributed by atoms with van der Waals surface area (Å²) < 4.78 is 0. The van der Waals surface area contributed by atoms with Crippen LogP contribution in [0.2, 0.25) is 0 Å². The number of nitrogens with one attached hydrogen (secondary N) is 1. The smallest absolute Gasteiger partial charge is 0.220 e. The van der Waals surface area contributed by atoms with Crippen LogP contribution >= 0.6 is 0 Å². The lowest BCUT2D eigenvalue weighted by Crippen LogP contribution is -2.50. The van der Waals surface area contributed by atoms with Gasteiger partial charge in [0, 0.05) is 6.42 Å². The summed E-state index contributed by atoms with van der Waals surface area (Å²) in [5.41, 5.74) is 0. The van der Waals surface area contributed by atoms with Crippen LogP contribution in [0.25, 0.3) is 0 Å². The summed E-state index contributed by atoms with van der Waals surface area (Å²) in [5.74, 6) is -0.149. The van der Waals surface area contributed by atoms with Crippen molar-refractivity contribution >= 4 is 5.91 Å². The molecule has 0 aromatic heterocycles. The van der Waals surface area contributed by atoms with E-state index in [4.69, 9.17) is 0 Å². The molecule has 67 heavy (non-hydrogen) atoms. The highest BCUT2D eigenvalue weighted by atomic mass is 16.3. The van der Waals surface area contributed by atoms with E-state index in [0.29, 0.717) is 12.8 Å². The standard InChI is InChI=1S/C62H121NO4/c1-3-5-7-9-11-13-15-17-19-20-21-22-23-24-25-26-27-28-29-30-31-32-33-34-35-36-37-38-39-40-41-42-43-45-47-49-51-53-55-57-61(66)63-59(58-64)62(67)60(65)56-54-52-50-48-46-44-18-16-14-12-10-8-6-4-2/h30-31,48,50,59-60,62,64-65,67H,3-29,32-47,49,51-58H2,1-2H3,(H,63,66)/b31-30-,50-48+. The summed E-state index contributed by atoms with van der Waals surface area (Å²) in [6, 6.07) is -0.824. The summed E-state index contributed by atoms with van der Waals surface area (Å²) in [4.78, 5) is 12.5. The van der Waals surface area contributed by atoms with Gasteiger partial charge >= 0.3 is 0 Å². The van der Waals surface area contributed by atoms with Gasteiger partial charge in [-0.25, -0.2) is 0 Å². The van der Waals surface area contributed by atoms with E-state index in [9.17, 15) is 20.1 Å². The molecular formula is C62H121NO4. The minimum Gasteiger partial charge on any atom is -0.394 e. The molecule has 4 N–H and O–H groups in total. The van der Waals surface area contributed by atoms with Gasteiger partial charge in [0.05, 0.1) is 18.8 Å². The molecule has 0 aliphatic heterocycles. The number of aliphatic hydroxyl groups excluding tert-OH is 3.